The Balaban J connectivity index is 1.42. The van der Waals surface area contributed by atoms with Gasteiger partial charge in [-0.2, -0.15) is 0 Å². The molecule has 100 valence electrons. The third-order valence-corrected chi connectivity index (χ3v) is 3.99. The van der Waals surface area contributed by atoms with Crippen LogP contribution in [-0.2, 0) is 4.74 Å². The van der Waals surface area contributed by atoms with Crippen LogP contribution in [0.5, 0.6) is 0 Å². The van der Waals surface area contributed by atoms with Gasteiger partial charge in [0.25, 0.3) is 0 Å². The van der Waals surface area contributed by atoms with Crippen LogP contribution in [0.15, 0.2) is 0 Å². The number of nitrogens with one attached hydrogen (secondary N) is 2. The highest BCUT2D eigenvalue weighted by molar-refractivity contribution is 4.74. The fraction of sp³-hybridized carbons (Fsp3) is 1.00. The van der Waals surface area contributed by atoms with E-state index in [-0.39, 0.29) is 0 Å². The van der Waals surface area contributed by atoms with Crippen LogP contribution in [-0.4, -0.2) is 38.4 Å². The van der Waals surface area contributed by atoms with E-state index in [9.17, 15) is 0 Å². The quantitative estimate of drug-likeness (QED) is 0.697. The van der Waals surface area contributed by atoms with E-state index in [1.165, 1.54) is 57.9 Å². The zero-order valence-electron chi connectivity index (χ0n) is 11.0. The van der Waals surface area contributed by atoms with Crippen molar-refractivity contribution in [2.24, 2.45) is 0 Å². The van der Waals surface area contributed by atoms with Gasteiger partial charge in [0.05, 0.1) is 12.7 Å². The number of ether oxygens (including phenoxy) is 1. The summed E-state index contributed by atoms with van der Waals surface area (Å²) < 4.78 is 5.89. The van der Waals surface area contributed by atoms with Crippen molar-refractivity contribution in [2.45, 2.75) is 63.5 Å². The van der Waals surface area contributed by atoms with E-state index in [0.29, 0.717) is 12.1 Å². The molecule has 1 saturated carbocycles. The molecule has 2 fully saturated rings. The Morgan fingerprint density at radius 2 is 1.82 bits per heavy atom. The third-order valence-electron chi connectivity index (χ3n) is 3.99. The Labute approximate surface area is 106 Å². The maximum absolute atomic E-state index is 5.89. The van der Waals surface area contributed by atoms with Crippen LogP contribution >= 0.6 is 0 Å². The van der Waals surface area contributed by atoms with Gasteiger partial charge in [-0.15, -0.1) is 0 Å². The third kappa shape index (κ3) is 5.36. The molecule has 2 rings (SSSR count). The first-order valence-electron chi connectivity index (χ1n) is 7.51. The summed E-state index contributed by atoms with van der Waals surface area (Å²) in [6, 6.07) is 0.693. The van der Waals surface area contributed by atoms with Crippen LogP contribution < -0.4 is 10.6 Å². The number of hydrogen-bond acceptors (Lipinski definition) is 3. The molecule has 0 aromatic rings. The van der Waals surface area contributed by atoms with Gasteiger partial charge in [-0.1, -0.05) is 25.7 Å². The first-order valence-corrected chi connectivity index (χ1v) is 7.51. The topological polar surface area (TPSA) is 33.3 Å². The summed E-state index contributed by atoms with van der Waals surface area (Å²) in [5.41, 5.74) is 0. The van der Waals surface area contributed by atoms with Gasteiger partial charge in [0, 0.05) is 19.1 Å². The van der Waals surface area contributed by atoms with E-state index in [1.54, 1.807) is 0 Å². The fourth-order valence-corrected chi connectivity index (χ4v) is 2.90. The molecule has 2 N–H and O–H groups in total. The van der Waals surface area contributed by atoms with Crippen LogP contribution in [0.25, 0.3) is 0 Å². The largest absolute Gasteiger partial charge is 0.377 e. The summed E-state index contributed by atoms with van der Waals surface area (Å²) in [4.78, 5) is 0. The van der Waals surface area contributed by atoms with Crippen molar-refractivity contribution >= 4 is 0 Å². The van der Waals surface area contributed by atoms with Crippen molar-refractivity contribution in [2.75, 3.05) is 26.2 Å². The molecule has 0 spiro atoms. The summed E-state index contributed by atoms with van der Waals surface area (Å²) in [6.45, 7) is 4.20. The van der Waals surface area contributed by atoms with Crippen LogP contribution in [0.2, 0.25) is 0 Å². The molecule has 1 saturated heterocycles. The molecule has 1 heterocycles. The minimum atomic E-state index is 0.554. The molecular weight excluding hydrogens is 212 g/mol. The SMILES string of the molecule is C1CCC(OCCNCC2CCCCN2)CC1. The summed E-state index contributed by atoms with van der Waals surface area (Å²) in [5, 5.41) is 7.06. The van der Waals surface area contributed by atoms with Crippen LogP contribution in [0, 0.1) is 0 Å². The van der Waals surface area contributed by atoms with E-state index in [0.717, 1.165) is 19.7 Å². The molecule has 1 aliphatic heterocycles. The van der Waals surface area contributed by atoms with E-state index < -0.39 is 0 Å². The highest BCUT2D eigenvalue weighted by Crippen LogP contribution is 2.19. The smallest absolute Gasteiger partial charge is 0.0594 e. The van der Waals surface area contributed by atoms with Gasteiger partial charge in [-0.05, 0) is 32.2 Å². The molecule has 0 bridgehead atoms. The molecule has 3 nitrogen and oxygen atoms in total. The second-order valence-corrected chi connectivity index (χ2v) is 5.48. The minimum Gasteiger partial charge on any atom is -0.377 e. The van der Waals surface area contributed by atoms with Gasteiger partial charge in [-0.25, -0.2) is 0 Å². The van der Waals surface area contributed by atoms with Crippen molar-refractivity contribution in [1.29, 1.82) is 0 Å². The van der Waals surface area contributed by atoms with E-state index >= 15 is 0 Å². The minimum absolute atomic E-state index is 0.554. The van der Waals surface area contributed by atoms with Gasteiger partial charge in [0.15, 0.2) is 0 Å². The molecule has 0 amide bonds. The van der Waals surface area contributed by atoms with Crippen molar-refractivity contribution in [3.63, 3.8) is 0 Å². The van der Waals surface area contributed by atoms with Crippen LogP contribution in [0.4, 0.5) is 0 Å². The molecular formula is C14H28N2O. The van der Waals surface area contributed by atoms with Crippen LogP contribution in [0.3, 0.4) is 0 Å². The highest BCUT2D eigenvalue weighted by Gasteiger charge is 2.14. The summed E-state index contributed by atoms with van der Waals surface area (Å²) in [7, 11) is 0. The Hall–Kier alpha value is -0.120. The van der Waals surface area contributed by atoms with E-state index in [1.807, 2.05) is 0 Å². The van der Waals surface area contributed by atoms with Crippen molar-refractivity contribution < 1.29 is 4.74 Å². The summed E-state index contributed by atoms with van der Waals surface area (Å²) in [5.74, 6) is 0. The molecule has 0 radical (unpaired) electrons. The lowest BCUT2D eigenvalue weighted by atomic mass is 9.98. The zero-order chi connectivity index (χ0) is 11.8. The molecule has 0 aromatic heterocycles. The Morgan fingerprint density at radius 1 is 1.00 bits per heavy atom. The molecule has 2 aliphatic rings. The Bertz CT molecular complexity index is 167. The number of hydrogen-bond donors (Lipinski definition) is 2. The predicted molar refractivity (Wildman–Crippen MR) is 71.3 cm³/mol. The lowest BCUT2D eigenvalue weighted by Gasteiger charge is -2.24. The second kappa shape index (κ2) is 8.06. The van der Waals surface area contributed by atoms with Gasteiger partial charge in [-0.3, -0.25) is 0 Å². The average Bonchev–Trinajstić information content (AvgIpc) is 2.41. The Morgan fingerprint density at radius 3 is 2.59 bits per heavy atom. The number of piperidine rings is 1. The van der Waals surface area contributed by atoms with Gasteiger partial charge in [0.1, 0.15) is 0 Å². The number of rotatable bonds is 6. The zero-order valence-corrected chi connectivity index (χ0v) is 11.0. The van der Waals surface area contributed by atoms with Crippen molar-refractivity contribution in [1.82, 2.24) is 10.6 Å². The lowest BCUT2D eigenvalue weighted by Crippen LogP contribution is -2.42. The maximum Gasteiger partial charge on any atom is 0.0594 e. The highest BCUT2D eigenvalue weighted by atomic mass is 16.5. The monoisotopic (exact) mass is 240 g/mol. The maximum atomic E-state index is 5.89. The first-order chi connectivity index (χ1) is 8.45. The molecule has 1 unspecified atom stereocenters. The predicted octanol–water partition coefficient (Wildman–Crippen LogP) is 2.07. The molecule has 1 atom stereocenters. The summed E-state index contributed by atoms with van der Waals surface area (Å²) in [6.07, 6.45) is 11.3. The second-order valence-electron chi connectivity index (χ2n) is 5.48. The van der Waals surface area contributed by atoms with Gasteiger partial charge in [0.2, 0.25) is 0 Å². The molecule has 17 heavy (non-hydrogen) atoms. The molecule has 1 aliphatic carbocycles. The molecule has 3 heteroatoms. The van der Waals surface area contributed by atoms with Gasteiger partial charge >= 0.3 is 0 Å². The van der Waals surface area contributed by atoms with Crippen molar-refractivity contribution in [3.05, 3.63) is 0 Å². The van der Waals surface area contributed by atoms with Gasteiger partial charge < -0.3 is 15.4 Å². The molecule has 0 aromatic carbocycles. The standard InChI is InChI=1S/C14H28N2O/c1-2-7-14(8-3-1)17-11-10-15-12-13-6-4-5-9-16-13/h13-16H,1-12H2. The van der Waals surface area contributed by atoms with E-state index in [2.05, 4.69) is 10.6 Å². The van der Waals surface area contributed by atoms with Crippen molar-refractivity contribution in [3.8, 4) is 0 Å². The van der Waals surface area contributed by atoms with Crippen LogP contribution in [0.1, 0.15) is 51.4 Å². The average molecular weight is 240 g/mol. The lowest BCUT2D eigenvalue weighted by molar-refractivity contribution is 0.0301. The first kappa shape index (κ1) is 13.3. The fourth-order valence-electron chi connectivity index (χ4n) is 2.90. The normalized spacial score (nSPS) is 27.2. The van der Waals surface area contributed by atoms with E-state index in [4.69, 9.17) is 4.74 Å². The Kier molecular flexibility index (Phi) is 6.32. The summed E-state index contributed by atoms with van der Waals surface area (Å²) >= 11 is 0.